The van der Waals surface area contributed by atoms with Gasteiger partial charge in [0.25, 0.3) is 0 Å². The molecule has 1 aliphatic heterocycles. The van der Waals surface area contributed by atoms with Gasteiger partial charge < -0.3 is 5.32 Å². The fourth-order valence-electron chi connectivity index (χ4n) is 6.71. The third-order valence-electron chi connectivity index (χ3n) is 8.24. The second kappa shape index (κ2) is 6.68. The molecule has 0 aromatic heterocycles. The summed E-state index contributed by atoms with van der Waals surface area (Å²) in [4.78, 5) is 40.8. The third kappa shape index (κ3) is 2.71. The van der Waals surface area contributed by atoms with Crippen molar-refractivity contribution in [2.45, 2.75) is 38.1 Å². The van der Waals surface area contributed by atoms with Gasteiger partial charge in [-0.05, 0) is 80.0 Å². The molecule has 7 rings (SSSR count). The molecule has 0 unspecified atom stereocenters. The quantitative estimate of drug-likeness (QED) is 0.591. The van der Waals surface area contributed by atoms with Crippen molar-refractivity contribution in [1.29, 1.82) is 0 Å². The SMILES string of the molecule is O=C(Nc1ccc(Cl)cc1)C1CCC(N2C(=O)[C@H]3[C@@H]4C=C[C@H]([C@H]5C[C@H]45)[C@@H]3C2=O)CC1. The van der Waals surface area contributed by atoms with Crippen molar-refractivity contribution in [2.24, 2.45) is 41.4 Å². The minimum absolute atomic E-state index is 0.00542. The van der Waals surface area contributed by atoms with Gasteiger partial charge in [-0.3, -0.25) is 19.3 Å². The van der Waals surface area contributed by atoms with Crippen molar-refractivity contribution in [1.82, 2.24) is 4.90 Å². The van der Waals surface area contributed by atoms with E-state index in [1.54, 1.807) is 29.2 Å². The normalized spacial score (nSPS) is 40.9. The molecule has 30 heavy (non-hydrogen) atoms. The maximum Gasteiger partial charge on any atom is 0.233 e. The highest BCUT2D eigenvalue weighted by atomic mass is 35.5. The monoisotopic (exact) mass is 424 g/mol. The van der Waals surface area contributed by atoms with Crippen molar-refractivity contribution in [3.8, 4) is 0 Å². The Bertz CT molecular complexity index is 914. The second-order valence-electron chi connectivity index (χ2n) is 9.70. The van der Waals surface area contributed by atoms with Crippen LogP contribution >= 0.6 is 11.6 Å². The molecule has 6 aliphatic rings. The Morgan fingerprint density at radius 2 is 1.47 bits per heavy atom. The van der Waals surface area contributed by atoms with E-state index in [0.29, 0.717) is 42.5 Å². The number of nitrogens with one attached hydrogen (secondary N) is 1. The molecule has 5 nitrogen and oxygen atoms in total. The van der Waals surface area contributed by atoms with Gasteiger partial charge in [0.15, 0.2) is 0 Å². The molecule has 0 spiro atoms. The van der Waals surface area contributed by atoms with Gasteiger partial charge in [-0.1, -0.05) is 23.8 Å². The first-order valence-corrected chi connectivity index (χ1v) is 11.5. The highest BCUT2D eigenvalue weighted by molar-refractivity contribution is 6.30. The number of benzene rings is 1. The standard InChI is InChI=1S/C24H25ClN2O3/c25-13-3-5-14(6-4-13)26-22(28)12-1-7-15(8-2-12)27-23(29)20-16-9-10-17(19-11-18(16)19)21(20)24(27)30/h3-6,9-10,12,15-21H,1-2,7-8,11H2,(H,26,28)/t12?,15?,16-,17-,18-,19-,20+,21+/m1/s1. The van der Waals surface area contributed by atoms with Crippen LogP contribution < -0.4 is 5.32 Å². The average molecular weight is 425 g/mol. The zero-order chi connectivity index (χ0) is 20.6. The van der Waals surface area contributed by atoms with Crippen LogP contribution in [0.15, 0.2) is 36.4 Å². The maximum absolute atomic E-state index is 13.3. The highest BCUT2D eigenvalue weighted by Gasteiger charge is 2.67. The Balaban J connectivity index is 1.11. The smallest absolute Gasteiger partial charge is 0.233 e. The van der Waals surface area contributed by atoms with E-state index >= 15 is 0 Å². The number of halogens is 1. The van der Waals surface area contributed by atoms with Gasteiger partial charge in [0.2, 0.25) is 17.7 Å². The fraction of sp³-hybridized carbons (Fsp3) is 0.542. The lowest BCUT2D eigenvalue weighted by molar-refractivity contribution is -0.144. The van der Waals surface area contributed by atoms with Crippen LogP contribution in [0.5, 0.6) is 0 Å². The Labute approximate surface area is 180 Å². The largest absolute Gasteiger partial charge is 0.326 e. The van der Waals surface area contributed by atoms with Gasteiger partial charge in [-0.25, -0.2) is 0 Å². The molecule has 6 heteroatoms. The number of allylic oxidation sites excluding steroid dienone is 2. The summed E-state index contributed by atoms with van der Waals surface area (Å²) in [5.41, 5.74) is 0.738. The molecular weight excluding hydrogens is 400 g/mol. The first-order chi connectivity index (χ1) is 14.5. The molecule has 1 heterocycles. The summed E-state index contributed by atoms with van der Waals surface area (Å²) in [6.07, 6.45) is 8.44. The number of anilines is 1. The Morgan fingerprint density at radius 3 is 2.03 bits per heavy atom. The van der Waals surface area contributed by atoms with E-state index in [1.807, 2.05) is 0 Å². The van der Waals surface area contributed by atoms with Crippen molar-refractivity contribution >= 4 is 35.0 Å². The zero-order valence-corrected chi connectivity index (χ0v) is 17.4. The van der Waals surface area contributed by atoms with Crippen LogP contribution in [0.3, 0.4) is 0 Å². The van der Waals surface area contributed by atoms with Crippen molar-refractivity contribution in [3.05, 3.63) is 41.4 Å². The minimum atomic E-state index is -0.123. The number of likely N-dealkylation sites (tertiary alicyclic amines) is 1. The van der Waals surface area contributed by atoms with Gasteiger partial charge >= 0.3 is 0 Å². The van der Waals surface area contributed by atoms with Crippen LogP contribution in [0.2, 0.25) is 5.02 Å². The number of imide groups is 1. The molecule has 1 aromatic carbocycles. The van der Waals surface area contributed by atoms with E-state index < -0.39 is 0 Å². The summed E-state index contributed by atoms with van der Waals surface area (Å²) in [5, 5.41) is 3.59. The number of rotatable bonds is 3. The van der Waals surface area contributed by atoms with E-state index in [1.165, 1.54) is 6.42 Å². The summed E-state index contributed by atoms with van der Waals surface area (Å²) in [6, 6.07) is 7.05. The molecule has 156 valence electrons. The van der Waals surface area contributed by atoms with Crippen molar-refractivity contribution in [2.75, 3.05) is 5.32 Å². The zero-order valence-electron chi connectivity index (χ0n) is 16.7. The molecule has 4 fully saturated rings. The molecule has 3 saturated carbocycles. The summed E-state index contributed by atoms with van der Waals surface area (Å²) in [6.45, 7) is 0. The molecular formula is C24H25ClN2O3. The average Bonchev–Trinajstić information content (AvgIpc) is 3.53. The number of amides is 3. The van der Waals surface area contributed by atoms with Gasteiger partial charge in [0, 0.05) is 22.7 Å². The third-order valence-corrected chi connectivity index (χ3v) is 8.49. The lowest BCUT2D eigenvalue weighted by atomic mass is 9.63. The van der Waals surface area contributed by atoms with Crippen LogP contribution in [0.25, 0.3) is 0 Å². The van der Waals surface area contributed by atoms with E-state index in [-0.39, 0.29) is 53.4 Å². The molecule has 5 aliphatic carbocycles. The molecule has 1 saturated heterocycles. The van der Waals surface area contributed by atoms with E-state index in [2.05, 4.69) is 17.5 Å². The predicted octanol–water partition coefficient (Wildman–Crippen LogP) is 3.89. The second-order valence-corrected chi connectivity index (χ2v) is 10.1. The lowest BCUT2D eigenvalue weighted by Gasteiger charge is -2.37. The lowest BCUT2D eigenvalue weighted by Crippen LogP contribution is -2.44. The molecule has 0 radical (unpaired) electrons. The van der Waals surface area contributed by atoms with E-state index in [0.717, 1.165) is 5.69 Å². The molecule has 1 aromatic rings. The van der Waals surface area contributed by atoms with Crippen LogP contribution in [0.4, 0.5) is 5.69 Å². The van der Waals surface area contributed by atoms with Gasteiger partial charge in [-0.15, -0.1) is 0 Å². The molecule has 1 N–H and O–H groups in total. The summed E-state index contributed by atoms with van der Waals surface area (Å²) < 4.78 is 0. The number of carbonyl (C=O) groups is 3. The number of nitrogens with zero attached hydrogens (tertiary/aromatic N) is 1. The fourth-order valence-corrected chi connectivity index (χ4v) is 6.84. The number of hydrogen-bond donors (Lipinski definition) is 1. The summed E-state index contributed by atoms with van der Waals surface area (Å²) >= 11 is 5.90. The Hall–Kier alpha value is -2.14. The minimum Gasteiger partial charge on any atom is -0.326 e. The molecule has 6 atom stereocenters. The first kappa shape index (κ1) is 18.6. The van der Waals surface area contributed by atoms with Gasteiger partial charge in [-0.2, -0.15) is 0 Å². The van der Waals surface area contributed by atoms with Crippen LogP contribution in [-0.2, 0) is 14.4 Å². The van der Waals surface area contributed by atoms with E-state index in [4.69, 9.17) is 11.6 Å². The summed E-state index contributed by atoms with van der Waals surface area (Å²) in [5.74, 6) is 1.59. The topological polar surface area (TPSA) is 66.5 Å². The van der Waals surface area contributed by atoms with Crippen molar-refractivity contribution in [3.63, 3.8) is 0 Å². The highest BCUT2D eigenvalue weighted by Crippen LogP contribution is 2.65. The Kier molecular flexibility index (Phi) is 4.14. The van der Waals surface area contributed by atoms with Crippen molar-refractivity contribution < 1.29 is 14.4 Å². The molecule has 2 bridgehead atoms. The molecule has 3 amide bonds. The number of hydrogen-bond acceptors (Lipinski definition) is 3. The van der Waals surface area contributed by atoms with Gasteiger partial charge in [0.05, 0.1) is 11.8 Å². The summed E-state index contributed by atoms with van der Waals surface area (Å²) in [7, 11) is 0. The van der Waals surface area contributed by atoms with Gasteiger partial charge in [0.1, 0.15) is 0 Å². The van der Waals surface area contributed by atoms with Crippen LogP contribution in [-0.4, -0.2) is 28.7 Å². The first-order valence-electron chi connectivity index (χ1n) is 11.1. The van der Waals surface area contributed by atoms with Crippen LogP contribution in [0, 0.1) is 41.4 Å². The maximum atomic E-state index is 13.3. The predicted molar refractivity (Wildman–Crippen MR) is 112 cm³/mol. The van der Waals surface area contributed by atoms with Crippen LogP contribution in [0.1, 0.15) is 32.1 Å². The van der Waals surface area contributed by atoms with E-state index in [9.17, 15) is 14.4 Å². The number of carbonyl (C=O) groups excluding carboxylic acids is 3. The Morgan fingerprint density at radius 1 is 0.900 bits per heavy atom.